The fourth-order valence-corrected chi connectivity index (χ4v) is 5.57. The molecule has 0 aliphatic heterocycles. The standard InChI is InChI=1S/C30H36ClF3N4S/c1-36(27-10-3-2-4-11-27)17-7-19-38(29(39)35-26-9-5-8-24(20-26)30(32,33)34)22-28-12-6-18-37(28)21-23-13-15-25(31)16-14-23/h5-6,8-9,12-16,18,20,27H,2-4,7,10-11,17,19,21-22H2,1H3,(H,35,39). The van der Waals surface area contributed by atoms with Crippen molar-refractivity contribution in [1.82, 2.24) is 14.4 Å². The van der Waals surface area contributed by atoms with Gasteiger partial charge in [-0.1, -0.05) is 49.1 Å². The third-order valence-electron chi connectivity index (χ3n) is 7.41. The summed E-state index contributed by atoms with van der Waals surface area (Å²) in [7, 11) is 2.19. The SMILES string of the molecule is CN(CCCN(Cc1cccn1Cc1ccc(Cl)cc1)C(=S)Nc1cccc(C(F)(F)F)c1)C1CCCCC1. The van der Waals surface area contributed by atoms with Gasteiger partial charge in [0.25, 0.3) is 0 Å². The molecule has 4 rings (SSSR count). The molecule has 1 saturated carbocycles. The molecule has 0 saturated heterocycles. The number of halogens is 4. The van der Waals surface area contributed by atoms with E-state index in [-0.39, 0.29) is 0 Å². The van der Waals surface area contributed by atoms with Crippen LogP contribution in [0.4, 0.5) is 18.9 Å². The van der Waals surface area contributed by atoms with E-state index in [1.54, 1.807) is 6.07 Å². The highest BCUT2D eigenvalue weighted by atomic mass is 35.5. The van der Waals surface area contributed by atoms with E-state index in [1.165, 1.54) is 38.2 Å². The lowest BCUT2D eigenvalue weighted by molar-refractivity contribution is -0.137. The first-order valence-electron chi connectivity index (χ1n) is 13.5. The van der Waals surface area contributed by atoms with Gasteiger partial charge in [-0.05, 0) is 93.1 Å². The molecule has 9 heteroatoms. The summed E-state index contributed by atoms with van der Waals surface area (Å²) in [6.07, 6.45) is 4.90. The van der Waals surface area contributed by atoms with Crippen molar-refractivity contribution in [2.45, 2.75) is 63.8 Å². The quantitative estimate of drug-likeness (QED) is 0.247. The van der Waals surface area contributed by atoms with Crippen LogP contribution in [0, 0.1) is 0 Å². The van der Waals surface area contributed by atoms with Crippen LogP contribution in [0.3, 0.4) is 0 Å². The van der Waals surface area contributed by atoms with Gasteiger partial charge in [0.2, 0.25) is 0 Å². The molecule has 1 aliphatic carbocycles. The highest BCUT2D eigenvalue weighted by molar-refractivity contribution is 7.80. The number of benzene rings is 2. The highest BCUT2D eigenvalue weighted by Gasteiger charge is 2.30. The van der Waals surface area contributed by atoms with E-state index in [1.807, 2.05) is 36.5 Å². The van der Waals surface area contributed by atoms with E-state index in [0.29, 0.717) is 41.5 Å². The van der Waals surface area contributed by atoms with Crippen LogP contribution in [-0.4, -0.2) is 45.7 Å². The molecule has 0 atom stereocenters. The molecule has 1 fully saturated rings. The molecule has 2 aromatic carbocycles. The van der Waals surface area contributed by atoms with Crippen molar-refractivity contribution in [2.75, 3.05) is 25.5 Å². The van der Waals surface area contributed by atoms with Crippen molar-refractivity contribution in [1.29, 1.82) is 0 Å². The minimum absolute atomic E-state index is 0.329. The molecular formula is C30H36ClF3N4S. The Hall–Kier alpha value is -2.55. The van der Waals surface area contributed by atoms with Crippen molar-refractivity contribution in [3.63, 3.8) is 0 Å². The normalized spacial score (nSPS) is 14.5. The maximum absolute atomic E-state index is 13.3. The second-order valence-corrected chi connectivity index (χ2v) is 11.1. The second-order valence-electron chi connectivity index (χ2n) is 10.3. The summed E-state index contributed by atoms with van der Waals surface area (Å²) in [5.74, 6) is 0. The minimum Gasteiger partial charge on any atom is -0.345 e. The number of anilines is 1. The number of thiocarbonyl (C=S) groups is 1. The summed E-state index contributed by atoms with van der Waals surface area (Å²) in [4.78, 5) is 4.50. The largest absolute Gasteiger partial charge is 0.416 e. The molecule has 210 valence electrons. The van der Waals surface area contributed by atoms with Crippen LogP contribution in [0.5, 0.6) is 0 Å². The Morgan fingerprint density at radius 2 is 1.77 bits per heavy atom. The summed E-state index contributed by atoms with van der Waals surface area (Å²) in [6.45, 7) is 2.86. The zero-order valence-electron chi connectivity index (χ0n) is 22.3. The van der Waals surface area contributed by atoms with Gasteiger partial charge in [-0.3, -0.25) is 0 Å². The number of rotatable bonds is 10. The van der Waals surface area contributed by atoms with Crippen LogP contribution in [0.1, 0.15) is 55.3 Å². The van der Waals surface area contributed by atoms with E-state index in [2.05, 4.69) is 32.8 Å². The first-order valence-corrected chi connectivity index (χ1v) is 14.3. The first-order chi connectivity index (χ1) is 18.7. The van der Waals surface area contributed by atoms with Crippen LogP contribution in [-0.2, 0) is 19.3 Å². The van der Waals surface area contributed by atoms with E-state index in [4.69, 9.17) is 23.8 Å². The van der Waals surface area contributed by atoms with Crippen molar-refractivity contribution >= 4 is 34.6 Å². The molecule has 39 heavy (non-hydrogen) atoms. The molecule has 0 spiro atoms. The van der Waals surface area contributed by atoms with Gasteiger partial charge in [-0.25, -0.2) is 0 Å². The van der Waals surface area contributed by atoms with Gasteiger partial charge < -0.3 is 19.7 Å². The average Bonchev–Trinajstić information content (AvgIpc) is 3.35. The Kier molecular flexibility index (Phi) is 10.3. The predicted molar refractivity (Wildman–Crippen MR) is 157 cm³/mol. The zero-order valence-corrected chi connectivity index (χ0v) is 23.8. The van der Waals surface area contributed by atoms with Crippen LogP contribution in [0.2, 0.25) is 5.02 Å². The number of aromatic nitrogens is 1. The molecule has 0 unspecified atom stereocenters. The van der Waals surface area contributed by atoms with Gasteiger partial charge in [-0.15, -0.1) is 0 Å². The Labute approximate surface area is 239 Å². The molecule has 0 bridgehead atoms. The lowest BCUT2D eigenvalue weighted by Gasteiger charge is -2.32. The minimum atomic E-state index is -4.41. The van der Waals surface area contributed by atoms with Gasteiger partial charge in [0, 0.05) is 41.7 Å². The van der Waals surface area contributed by atoms with Crippen molar-refractivity contribution in [3.8, 4) is 0 Å². The van der Waals surface area contributed by atoms with Gasteiger partial charge in [0.05, 0.1) is 12.1 Å². The molecule has 0 radical (unpaired) electrons. The van der Waals surface area contributed by atoms with Crippen LogP contribution < -0.4 is 5.32 Å². The van der Waals surface area contributed by atoms with Crippen LogP contribution in [0.15, 0.2) is 66.9 Å². The van der Waals surface area contributed by atoms with E-state index < -0.39 is 11.7 Å². The van der Waals surface area contributed by atoms with Crippen molar-refractivity contribution in [3.05, 3.63) is 88.7 Å². The summed E-state index contributed by atoms with van der Waals surface area (Å²) in [6, 6.07) is 17.6. The maximum atomic E-state index is 13.3. The first kappa shape index (κ1) is 29.4. The lowest BCUT2D eigenvalue weighted by atomic mass is 9.94. The van der Waals surface area contributed by atoms with Gasteiger partial charge in [0.15, 0.2) is 5.11 Å². The molecule has 3 aromatic rings. The van der Waals surface area contributed by atoms with E-state index >= 15 is 0 Å². The van der Waals surface area contributed by atoms with Crippen molar-refractivity contribution < 1.29 is 13.2 Å². The lowest BCUT2D eigenvalue weighted by Crippen LogP contribution is -2.39. The van der Waals surface area contributed by atoms with Crippen LogP contribution >= 0.6 is 23.8 Å². The maximum Gasteiger partial charge on any atom is 0.416 e. The van der Waals surface area contributed by atoms with Crippen molar-refractivity contribution in [2.24, 2.45) is 0 Å². The molecular weight excluding hydrogens is 541 g/mol. The number of alkyl halides is 3. The molecule has 4 nitrogen and oxygen atoms in total. The third kappa shape index (κ3) is 8.72. The zero-order chi connectivity index (χ0) is 27.8. The number of hydrogen-bond donors (Lipinski definition) is 1. The molecule has 1 aliphatic rings. The van der Waals surface area contributed by atoms with Gasteiger partial charge in [0.1, 0.15) is 0 Å². The fourth-order valence-electron chi connectivity index (χ4n) is 5.17. The molecule has 1 heterocycles. The monoisotopic (exact) mass is 576 g/mol. The van der Waals surface area contributed by atoms with E-state index in [9.17, 15) is 13.2 Å². The number of nitrogens with zero attached hydrogens (tertiary/aromatic N) is 3. The van der Waals surface area contributed by atoms with Crippen LogP contribution in [0.25, 0.3) is 0 Å². The number of hydrogen-bond acceptors (Lipinski definition) is 2. The average molecular weight is 577 g/mol. The smallest absolute Gasteiger partial charge is 0.345 e. The topological polar surface area (TPSA) is 23.4 Å². The Morgan fingerprint density at radius 1 is 1.03 bits per heavy atom. The Balaban J connectivity index is 1.46. The molecule has 1 aromatic heterocycles. The highest BCUT2D eigenvalue weighted by Crippen LogP contribution is 2.31. The number of nitrogens with one attached hydrogen (secondary N) is 1. The summed E-state index contributed by atoms with van der Waals surface area (Å²) in [5, 5.41) is 4.17. The summed E-state index contributed by atoms with van der Waals surface area (Å²) in [5.41, 5.74) is 1.82. The van der Waals surface area contributed by atoms with E-state index in [0.717, 1.165) is 36.4 Å². The van der Waals surface area contributed by atoms with Gasteiger partial charge >= 0.3 is 6.18 Å². The summed E-state index contributed by atoms with van der Waals surface area (Å²) < 4.78 is 42.0. The molecule has 0 amide bonds. The molecule has 1 N–H and O–H groups in total. The third-order valence-corrected chi connectivity index (χ3v) is 8.02. The Morgan fingerprint density at radius 3 is 2.49 bits per heavy atom. The Bertz CT molecular complexity index is 1210. The van der Waals surface area contributed by atoms with Gasteiger partial charge in [-0.2, -0.15) is 13.2 Å². The fraction of sp³-hybridized carbons (Fsp3) is 0.433. The predicted octanol–water partition coefficient (Wildman–Crippen LogP) is 8.06. The summed E-state index contributed by atoms with van der Waals surface area (Å²) >= 11 is 11.8. The second kappa shape index (κ2) is 13.7.